The first kappa shape index (κ1) is 7.30. The standard InChI is InChI=1S/C5H12N2O/c1-5(3-6-2)7-4-8/h3,6-8H,4H2,1-2H3/b5-3+. The van der Waals surface area contributed by atoms with Crippen LogP contribution in [0.2, 0.25) is 0 Å². The normalized spacial score (nSPS) is 11.1. The van der Waals surface area contributed by atoms with E-state index in [2.05, 4.69) is 10.6 Å². The summed E-state index contributed by atoms with van der Waals surface area (Å²) in [5.74, 6) is 0. The van der Waals surface area contributed by atoms with Gasteiger partial charge in [-0.05, 0) is 6.92 Å². The van der Waals surface area contributed by atoms with Crippen LogP contribution in [0.3, 0.4) is 0 Å². The lowest BCUT2D eigenvalue weighted by molar-refractivity contribution is 0.274. The summed E-state index contributed by atoms with van der Waals surface area (Å²) in [6.07, 6.45) is 1.77. The average Bonchev–Trinajstić information content (AvgIpc) is 1.68. The van der Waals surface area contributed by atoms with Gasteiger partial charge in [0.1, 0.15) is 6.73 Å². The van der Waals surface area contributed by atoms with Gasteiger partial charge in [-0.25, -0.2) is 0 Å². The van der Waals surface area contributed by atoms with Gasteiger partial charge in [0.05, 0.1) is 0 Å². The predicted molar refractivity (Wildman–Crippen MR) is 33.0 cm³/mol. The summed E-state index contributed by atoms with van der Waals surface area (Å²) < 4.78 is 0. The quantitative estimate of drug-likeness (QED) is 0.440. The molecule has 0 aliphatic heterocycles. The molecule has 0 fully saturated rings. The molecule has 0 unspecified atom stereocenters. The molecule has 0 aliphatic rings. The summed E-state index contributed by atoms with van der Waals surface area (Å²) in [5, 5.41) is 13.8. The number of aliphatic hydroxyl groups excluding tert-OH is 1. The van der Waals surface area contributed by atoms with Crippen molar-refractivity contribution in [3.63, 3.8) is 0 Å². The Bertz CT molecular complexity index is 80.5. The van der Waals surface area contributed by atoms with Crippen molar-refractivity contribution in [1.82, 2.24) is 10.6 Å². The largest absolute Gasteiger partial charge is 0.393 e. The van der Waals surface area contributed by atoms with Gasteiger partial charge in [0.2, 0.25) is 0 Å². The second-order valence-electron chi connectivity index (χ2n) is 1.45. The second kappa shape index (κ2) is 4.46. The monoisotopic (exact) mass is 116 g/mol. The van der Waals surface area contributed by atoms with Crippen LogP contribution in [0, 0.1) is 0 Å². The molecule has 0 rings (SSSR count). The molecular formula is C5H12N2O. The molecule has 0 aromatic heterocycles. The summed E-state index contributed by atoms with van der Waals surface area (Å²) in [5.41, 5.74) is 0.926. The van der Waals surface area contributed by atoms with E-state index in [1.165, 1.54) is 0 Å². The number of allylic oxidation sites excluding steroid dienone is 1. The van der Waals surface area contributed by atoms with Crippen LogP contribution in [0.1, 0.15) is 6.92 Å². The van der Waals surface area contributed by atoms with Crippen LogP contribution in [0.5, 0.6) is 0 Å². The van der Waals surface area contributed by atoms with Crippen molar-refractivity contribution in [1.29, 1.82) is 0 Å². The maximum absolute atomic E-state index is 8.28. The van der Waals surface area contributed by atoms with E-state index in [0.29, 0.717) is 0 Å². The van der Waals surface area contributed by atoms with E-state index in [0.717, 1.165) is 5.70 Å². The molecule has 0 bridgehead atoms. The lowest BCUT2D eigenvalue weighted by Gasteiger charge is -1.99. The summed E-state index contributed by atoms with van der Waals surface area (Å²) in [6.45, 7) is 1.86. The van der Waals surface area contributed by atoms with Crippen LogP contribution < -0.4 is 10.6 Å². The minimum absolute atomic E-state index is 0.00991. The van der Waals surface area contributed by atoms with E-state index in [9.17, 15) is 0 Å². The Morgan fingerprint density at radius 3 is 2.75 bits per heavy atom. The molecule has 0 atom stereocenters. The third kappa shape index (κ3) is 3.49. The Labute approximate surface area is 49.4 Å². The van der Waals surface area contributed by atoms with E-state index in [1.54, 1.807) is 6.20 Å². The molecule has 0 heterocycles. The number of hydrogen-bond donors (Lipinski definition) is 3. The maximum Gasteiger partial charge on any atom is 0.113 e. The average molecular weight is 116 g/mol. The predicted octanol–water partition coefficient (Wildman–Crippen LogP) is -0.394. The first-order valence-corrected chi connectivity index (χ1v) is 2.50. The van der Waals surface area contributed by atoms with E-state index >= 15 is 0 Å². The van der Waals surface area contributed by atoms with Crippen molar-refractivity contribution < 1.29 is 5.11 Å². The fourth-order valence-corrected chi connectivity index (χ4v) is 0.392. The van der Waals surface area contributed by atoms with Crippen LogP contribution in [-0.4, -0.2) is 18.9 Å². The number of aliphatic hydroxyl groups is 1. The van der Waals surface area contributed by atoms with Crippen molar-refractivity contribution in [2.24, 2.45) is 0 Å². The molecule has 8 heavy (non-hydrogen) atoms. The van der Waals surface area contributed by atoms with Gasteiger partial charge in [-0.3, -0.25) is 0 Å². The molecule has 48 valence electrons. The molecule has 3 heteroatoms. The summed E-state index contributed by atoms with van der Waals surface area (Å²) >= 11 is 0. The van der Waals surface area contributed by atoms with Crippen molar-refractivity contribution >= 4 is 0 Å². The van der Waals surface area contributed by atoms with E-state index < -0.39 is 0 Å². The Morgan fingerprint density at radius 1 is 1.75 bits per heavy atom. The highest BCUT2D eigenvalue weighted by Crippen LogP contribution is 1.78. The smallest absolute Gasteiger partial charge is 0.113 e. The summed E-state index contributed by atoms with van der Waals surface area (Å²) in [4.78, 5) is 0. The zero-order valence-corrected chi connectivity index (χ0v) is 5.23. The minimum atomic E-state index is -0.00991. The van der Waals surface area contributed by atoms with Crippen LogP contribution in [0.4, 0.5) is 0 Å². The second-order valence-corrected chi connectivity index (χ2v) is 1.45. The first-order valence-electron chi connectivity index (χ1n) is 2.50. The molecule has 0 spiro atoms. The zero-order valence-electron chi connectivity index (χ0n) is 5.23. The molecule has 0 saturated heterocycles. The maximum atomic E-state index is 8.28. The fraction of sp³-hybridized carbons (Fsp3) is 0.600. The minimum Gasteiger partial charge on any atom is -0.393 e. The van der Waals surface area contributed by atoms with E-state index in [4.69, 9.17) is 5.11 Å². The van der Waals surface area contributed by atoms with Gasteiger partial charge in [-0.2, -0.15) is 0 Å². The van der Waals surface area contributed by atoms with Crippen molar-refractivity contribution in [2.45, 2.75) is 6.92 Å². The Kier molecular flexibility index (Phi) is 4.07. The van der Waals surface area contributed by atoms with Gasteiger partial charge in [-0.15, -0.1) is 0 Å². The highest BCUT2D eigenvalue weighted by molar-refractivity contribution is 4.91. The lowest BCUT2D eigenvalue weighted by atomic mass is 10.5. The van der Waals surface area contributed by atoms with Gasteiger partial charge in [0.25, 0.3) is 0 Å². The summed E-state index contributed by atoms with van der Waals surface area (Å²) in [6, 6.07) is 0. The van der Waals surface area contributed by atoms with Crippen LogP contribution in [0.25, 0.3) is 0 Å². The van der Waals surface area contributed by atoms with E-state index in [1.807, 2.05) is 14.0 Å². The molecule has 0 amide bonds. The highest BCUT2D eigenvalue weighted by Gasteiger charge is 1.78. The third-order valence-electron chi connectivity index (χ3n) is 0.719. The van der Waals surface area contributed by atoms with Crippen LogP contribution in [-0.2, 0) is 0 Å². The van der Waals surface area contributed by atoms with Gasteiger partial charge in [-0.1, -0.05) is 0 Å². The Balaban J connectivity index is 3.29. The number of rotatable bonds is 3. The highest BCUT2D eigenvalue weighted by atomic mass is 16.3. The first-order chi connectivity index (χ1) is 3.81. The van der Waals surface area contributed by atoms with Crippen molar-refractivity contribution in [3.8, 4) is 0 Å². The number of nitrogens with one attached hydrogen (secondary N) is 2. The third-order valence-corrected chi connectivity index (χ3v) is 0.719. The summed E-state index contributed by atoms with van der Waals surface area (Å²) in [7, 11) is 1.81. The molecule has 0 aromatic rings. The van der Waals surface area contributed by atoms with Crippen molar-refractivity contribution in [3.05, 3.63) is 11.9 Å². The van der Waals surface area contributed by atoms with E-state index in [-0.39, 0.29) is 6.73 Å². The molecule has 3 nitrogen and oxygen atoms in total. The zero-order chi connectivity index (χ0) is 6.41. The topological polar surface area (TPSA) is 44.3 Å². The van der Waals surface area contributed by atoms with Crippen molar-refractivity contribution in [2.75, 3.05) is 13.8 Å². The van der Waals surface area contributed by atoms with Crippen LogP contribution in [0.15, 0.2) is 11.9 Å². The Hall–Kier alpha value is -0.700. The lowest BCUT2D eigenvalue weighted by Crippen LogP contribution is -2.13. The van der Waals surface area contributed by atoms with Gasteiger partial charge in [0.15, 0.2) is 0 Å². The molecule has 0 aliphatic carbocycles. The number of hydrogen-bond acceptors (Lipinski definition) is 3. The molecule has 0 saturated carbocycles. The molecular weight excluding hydrogens is 104 g/mol. The molecule has 0 radical (unpaired) electrons. The fourth-order valence-electron chi connectivity index (χ4n) is 0.392. The molecule has 0 aromatic carbocycles. The van der Waals surface area contributed by atoms with Crippen LogP contribution >= 0.6 is 0 Å². The Morgan fingerprint density at radius 2 is 2.38 bits per heavy atom. The SMILES string of the molecule is CN/C=C(\C)NCO. The van der Waals surface area contributed by atoms with Gasteiger partial charge < -0.3 is 15.7 Å². The van der Waals surface area contributed by atoms with Gasteiger partial charge >= 0.3 is 0 Å². The molecule has 3 N–H and O–H groups in total. The van der Waals surface area contributed by atoms with Gasteiger partial charge in [0, 0.05) is 18.9 Å².